The third-order valence-electron chi connectivity index (χ3n) is 1.04. The number of hydrogen-bond acceptors (Lipinski definition) is 8. The Morgan fingerprint density at radius 1 is 0.875 bits per heavy atom. The average Bonchev–Trinajstić information content (AvgIpc) is 2.15. The first kappa shape index (κ1) is 12.2. The molecule has 1 fully saturated rings. The van der Waals surface area contributed by atoms with E-state index in [0.717, 1.165) is 0 Å². The van der Waals surface area contributed by atoms with Gasteiger partial charge in [0, 0.05) is 0 Å². The fraction of sp³-hybridized carbons (Fsp3) is 0.200. The molecule has 0 aliphatic carbocycles. The van der Waals surface area contributed by atoms with Crippen molar-refractivity contribution in [2.45, 2.75) is 6.54 Å². The largest absolute Gasteiger partial charge is 0.511 e. The summed E-state index contributed by atoms with van der Waals surface area (Å²) < 4.78 is 39.2. The maximum absolute atomic E-state index is 12.6. The molecule has 0 aromatic carbocycles. The summed E-state index contributed by atoms with van der Waals surface area (Å²) in [5.74, 6) is -7.74. The second-order valence-corrected chi connectivity index (χ2v) is 2.85. The van der Waals surface area contributed by atoms with Crippen LogP contribution in [0, 0.1) is 0 Å². The Labute approximate surface area is 86.4 Å². The number of halogens is 2. The lowest BCUT2D eigenvalue weighted by Crippen LogP contribution is -2.31. The average molecular weight is 258 g/mol. The quantitative estimate of drug-likeness (QED) is 0.329. The lowest BCUT2D eigenvalue weighted by Gasteiger charge is -2.12. The molecule has 1 aliphatic rings. The highest BCUT2D eigenvalue weighted by Crippen LogP contribution is 2.40. The van der Waals surface area contributed by atoms with Crippen LogP contribution in [0.2, 0.25) is 0 Å². The molecular formula is C5HF2O8P. The van der Waals surface area contributed by atoms with Crippen LogP contribution in [0.3, 0.4) is 0 Å². The summed E-state index contributed by atoms with van der Waals surface area (Å²) in [6, 6.07) is 0. The Bertz CT molecular complexity index is 290. The Kier molecular flexibility index (Phi) is 3.67. The van der Waals surface area contributed by atoms with E-state index in [2.05, 4.69) is 18.5 Å². The first-order valence-corrected chi connectivity index (χ1v) is 4.43. The lowest BCUT2D eigenvalue weighted by atomic mass is 10.7. The van der Waals surface area contributed by atoms with Gasteiger partial charge >= 0.3 is 39.1 Å². The monoisotopic (exact) mass is 258 g/mol. The minimum absolute atomic E-state index is 1.93. The molecule has 1 aliphatic heterocycles. The number of rotatable bonds is 0. The highest BCUT2D eigenvalue weighted by molar-refractivity contribution is 7.42. The summed E-state index contributed by atoms with van der Waals surface area (Å²) in [7, 11) is -3.63. The molecule has 11 heteroatoms. The molecular weight excluding hydrogens is 257 g/mol. The first-order chi connectivity index (χ1) is 7.40. The SMILES string of the molecule is O=C1OC(F)OC(=O)C(=O)OP(F)OC1=O. The normalized spacial score (nSPS) is 27.4. The van der Waals surface area contributed by atoms with Gasteiger partial charge in [-0.1, -0.05) is 0 Å². The Balaban J connectivity index is 2.81. The number of ether oxygens (including phenoxy) is 2. The molecule has 0 bridgehead atoms. The van der Waals surface area contributed by atoms with Gasteiger partial charge in [-0.2, -0.15) is 4.39 Å². The van der Waals surface area contributed by atoms with Crippen LogP contribution < -0.4 is 0 Å². The molecule has 0 unspecified atom stereocenters. The van der Waals surface area contributed by atoms with Gasteiger partial charge in [-0.05, 0) is 0 Å². The Morgan fingerprint density at radius 2 is 1.25 bits per heavy atom. The van der Waals surface area contributed by atoms with Crippen LogP contribution >= 0.6 is 8.69 Å². The van der Waals surface area contributed by atoms with Crippen molar-refractivity contribution in [2.24, 2.45) is 0 Å². The van der Waals surface area contributed by atoms with Gasteiger partial charge in [0.1, 0.15) is 0 Å². The van der Waals surface area contributed by atoms with Gasteiger partial charge in [-0.3, -0.25) is 0 Å². The molecule has 1 saturated heterocycles. The summed E-state index contributed by atoms with van der Waals surface area (Å²) in [6.07, 6.45) is 0. The van der Waals surface area contributed by atoms with Crippen molar-refractivity contribution in [3.05, 3.63) is 0 Å². The smallest absolute Gasteiger partial charge is 0.388 e. The van der Waals surface area contributed by atoms with Crippen LogP contribution in [-0.2, 0) is 37.7 Å². The summed E-state index contributed by atoms with van der Waals surface area (Å²) in [4.78, 5) is 42.2. The van der Waals surface area contributed by atoms with Gasteiger partial charge in [0.2, 0.25) is 0 Å². The standard InChI is InChI=1S/C5HF2O8P/c6-5-12-1(8)3(10)14-16(7)15-4(11)2(9)13-5/h5H. The highest BCUT2D eigenvalue weighted by atomic mass is 31.2. The van der Waals surface area contributed by atoms with E-state index in [9.17, 15) is 27.8 Å². The van der Waals surface area contributed by atoms with E-state index in [4.69, 9.17) is 0 Å². The van der Waals surface area contributed by atoms with E-state index in [0.29, 0.717) is 0 Å². The van der Waals surface area contributed by atoms with E-state index in [-0.39, 0.29) is 0 Å². The van der Waals surface area contributed by atoms with Crippen molar-refractivity contribution in [3.63, 3.8) is 0 Å². The van der Waals surface area contributed by atoms with Crippen molar-refractivity contribution >= 4 is 32.6 Å². The molecule has 88 valence electrons. The number of carbonyl (C=O) groups excluding carboxylic acids is 4. The van der Waals surface area contributed by atoms with E-state index >= 15 is 0 Å². The lowest BCUT2D eigenvalue weighted by molar-refractivity contribution is -0.223. The van der Waals surface area contributed by atoms with Crippen molar-refractivity contribution < 1.29 is 46.3 Å². The van der Waals surface area contributed by atoms with Crippen molar-refractivity contribution in [1.29, 1.82) is 0 Å². The van der Waals surface area contributed by atoms with Gasteiger partial charge < -0.3 is 18.5 Å². The van der Waals surface area contributed by atoms with Crippen molar-refractivity contribution in [3.8, 4) is 0 Å². The fourth-order valence-corrected chi connectivity index (χ4v) is 0.959. The van der Waals surface area contributed by atoms with Crippen molar-refractivity contribution in [1.82, 2.24) is 0 Å². The Hall–Kier alpha value is -1.83. The minimum Gasteiger partial charge on any atom is -0.388 e. The second-order valence-electron chi connectivity index (χ2n) is 2.06. The number of cyclic esters (lactones) is 2. The van der Waals surface area contributed by atoms with Gasteiger partial charge in [0.05, 0.1) is 0 Å². The zero-order valence-corrected chi connectivity index (χ0v) is 7.94. The van der Waals surface area contributed by atoms with E-state index in [1.165, 1.54) is 0 Å². The topological polar surface area (TPSA) is 105 Å². The molecule has 0 atom stereocenters. The van der Waals surface area contributed by atoms with Crippen LogP contribution in [0.4, 0.5) is 8.59 Å². The zero-order chi connectivity index (χ0) is 12.3. The molecule has 0 saturated carbocycles. The summed E-state index contributed by atoms with van der Waals surface area (Å²) in [5, 5.41) is 0. The van der Waals surface area contributed by atoms with Crippen LogP contribution in [0.5, 0.6) is 0 Å². The van der Waals surface area contributed by atoms with Crippen LogP contribution in [0.1, 0.15) is 0 Å². The molecule has 0 aromatic rings. The fourth-order valence-electron chi connectivity index (χ4n) is 0.512. The van der Waals surface area contributed by atoms with E-state index in [1.54, 1.807) is 0 Å². The number of esters is 2. The van der Waals surface area contributed by atoms with E-state index < -0.39 is 39.1 Å². The summed E-state index contributed by atoms with van der Waals surface area (Å²) >= 11 is 0. The maximum Gasteiger partial charge on any atom is 0.511 e. The first-order valence-electron chi connectivity index (χ1n) is 3.36. The molecule has 0 aromatic heterocycles. The molecule has 0 N–H and O–H groups in total. The number of hydrogen-bond donors (Lipinski definition) is 0. The van der Waals surface area contributed by atoms with Crippen LogP contribution in [0.25, 0.3) is 0 Å². The van der Waals surface area contributed by atoms with Gasteiger partial charge in [0.25, 0.3) is 0 Å². The number of alkyl halides is 1. The van der Waals surface area contributed by atoms with Crippen molar-refractivity contribution in [2.75, 3.05) is 0 Å². The van der Waals surface area contributed by atoms with Crippen LogP contribution in [0.15, 0.2) is 0 Å². The van der Waals surface area contributed by atoms with Crippen LogP contribution in [-0.4, -0.2) is 30.4 Å². The highest BCUT2D eigenvalue weighted by Gasteiger charge is 2.35. The maximum atomic E-state index is 12.6. The molecule has 0 spiro atoms. The Morgan fingerprint density at radius 3 is 1.62 bits per heavy atom. The summed E-state index contributed by atoms with van der Waals surface area (Å²) in [5.41, 5.74) is 0. The minimum atomic E-state index is -3.63. The van der Waals surface area contributed by atoms with Gasteiger partial charge in [0.15, 0.2) is 0 Å². The number of carbonyl (C=O) groups is 4. The summed E-state index contributed by atoms with van der Waals surface area (Å²) in [6.45, 7) is -3.00. The third kappa shape index (κ3) is 3.09. The molecule has 0 amide bonds. The molecule has 8 nitrogen and oxygen atoms in total. The molecule has 1 rings (SSSR count). The predicted octanol–water partition coefficient (Wildman–Crippen LogP) is -0.378. The predicted molar refractivity (Wildman–Crippen MR) is 37.3 cm³/mol. The third-order valence-corrected chi connectivity index (χ3v) is 1.66. The van der Waals surface area contributed by atoms with Gasteiger partial charge in [-0.15, -0.1) is 4.20 Å². The molecule has 16 heavy (non-hydrogen) atoms. The molecule has 0 radical (unpaired) electrons. The zero-order valence-electron chi connectivity index (χ0n) is 7.05. The van der Waals surface area contributed by atoms with Gasteiger partial charge in [-0.25, -0.2) is 19.2 Å². The second kappa shape index (κ2) is 4.79. The molecule has 1 heterocycles. The van der Waals surface area contributed by atoms with E-state index in [1.807, 2.05) is 0 Å².